The standard InChI is InChI=1S/C27H36N6O2/c1-5-6-13-30-25(35)18-9-7-17(8-10-18)19-14-21-23(20(24(28)34)15-31-33(21)16-19)32-22-11-12-27(4,29)26(22,2)3/h7-10,14-16,22,32H,5-6,11-13,29H2,1-4H3,(H2,28,34)(H,30,35)/t22-,27+/m1/s1. The molecule has 6 N–H and O–H groups in total. The van der Waals surface area contributed by atoms with Gasteiger partial charge in [0.25, 0.3) is 11.8 Å². The predicted octanol–water partition coefficient (Wildman–Crippen LogP) is 3.95. The van der Waals surface area contributed by atoms with Gasteiger partial charge in [-0.15, -0.1) is 0 Å². The molecule has 3 aromatic rings. The number of nitrogens with one attached hydrogen (secondary N) is 2. The summed E-state index contributed by atoms with van der Waals surface area (Å²) in [6.07, 6.45) is 7.19. The molecule has 0 spiro atoms. The minimum Gasteiger partial charge on any atom is -0.379 e. The van der Waals surface area contributed by atoms with Gasteiger partial charge in [0.2, 0.25) is 0 Å². The summed E-state index contributed by atoms with van der Waals surface area (Å²) in [5.41, 5.74) is 16.1. The van der Waals surface area contributed by atoms with E-state index < -0.39 is 5.91 Å². The van der Waals surface area contributed by atoms with E-state index in [-0.39, 0.29) is 22.9 Å². The summed E-state index contributed by atoms with van der Waals surface area (Å²) >= 11 is 0. The van der Waals surface area contributed by atoms with Crippen LogP contribution in [0.5, 0.6) is 0 Å². The first-order valence-corrected chi connectivity index (χ1v) is 12.3. The number of carbonyl (C=O) groups is 2. The Bertz CT molecular complexity index is 1240. The van der Waals surface area contributed by atoms with Gasteiger partial charge < -0.3 is 22.1 Å². The number of amides is 2. The van der Waals surface area contributed by atoms with Gasteiger partial charge in [-0.1, -0.05) is 39.3 Å². The Morgan fingerprint density at radius 2 is 1.89 bits per heavy atom. The molecule has 2 heterocycles. The highest BCUT2D eigenvalue weighted by molar-refractivity contribution is 6.02. The van der Waals surface area contributed by atoms with E-state index in [1.54, 1.807) is 4.52 Å². The second-order valence-corrected chi connectivity index (χ2v) is 10.4. The number of primary amides is 1. The number of unbranched alkanes of at least 4 members (excludes halogenated alkanes) is 1. The van der Waals surface area contributed by atoms with Crippen molar-refractivity contribution in [3.63, 3.8) is 0 Å². The molecule has 8 heteroatoms. The predicted molar refractivity (Wildman–Crippen MR) is 139 cm³/mol. The third-order valence-electron chi connectivity index (χ3n) is 7.81. The molecule has 8 nitrogen and oxygen atoms in total. The lowest BCUT2D eigenvalue weighted by Gasteiger charge is -2.39. The molecule has 1 aliphatic carbocycles. The van der Waals surface area contributed by atoms with Gasteiger partial charge in [-0.05, 0) is 49.9 Å². The minimum atomic E-state index is -0.532. The maximum Gasteiger partial charge on any atom is 0.252 e. The lowest BCUT2D eigenvalue weighted by atomic mass is 9.75. The van der Waals surface area contributed by atoms with Crippen LogP contribution >= 0.6 is 0 Å². The van der Waals surface area contributed by atoms with Crippen LogP contribution in [0.3, 0.4) is 0 Å². The van der Waals surface area contributed by atoms with Crippen LogP contribution in [0.2, 0.25) is 0 Å². The molecule has 2 atom stereocenters. The van der Waals surface area contributed by atoms with Crippen LogP contribution in [-0.2, 0) is 0 Å². The zero-order valence-electron chi connectivity index (χ0n) is 21.0. The third kappa shape index (κ3) is 4.62. The average molecular weight is 477 g/mol. The van der Waals surface area contributed by atoms with Crippen LogP contribution in [0.25, 0.3) is 16.6 Å². The number of nitrogens with zero attached hydrogens (tertiary/aromatic N) is 2. The Labute approximate surface area is 206 Å². The van der Waals surface area contributed by atoms with Crippen LogP contribution in [-0.4, -0.2) is 39.6 Å². The van der Waals surface area contributed by atoms with Gasteiger partial charge in [0.1, 0.15) is 0 Å². The van der Waals surface area contributed by atoms with Gasteiger partial charge in [0.15, 0.2) is 0 Å². The first kappa shape index (κ1) is 24.7. The van der Waals surface area contributed by atoms with Gasteiger partial charge in [-0.2, -0.15) is 5.10 Å². The number of fused-ring (bicyclic) bond motifs is 1. The normalized spacial score (nSPS) is 21.2. The molecule has 2 amide bonds. The number of carbonyl (C=O) groups excluding carboxylic acids is 2. The molecule has 1 saturated carbocycles. The van der Waals surface area contributed by atoms with E-state index in [2.05, 4.69) is 43.4 Å². The minimum absolute atomic E-state index is 0.0719. The molecule has 1 aromatic carbocycles. The largest absolute Gasteiger partial charge is 0.379 e. The van der Waals surface area contributed by atoms with E-state index in [9.17, 15) is 9.59 Å². The van der Waals surface area contributed by atoms with Crippen molar-refractivity contribution < 1.29 is 9.59 Å². The Hall–Kier alpha value is -3.39. The van der Waals surface area contributed by atoms with Gasteiger partial charge in [0.05, 0.1) is 23.0 Å². The summed E-state index contributed by atoms with van der Waals surface area (Å²) in [5.74, 6) is -0.604. The summed E-state index contributed by atoms with van der Waals surface area (Å²) < 4.78 is 1.75. The zero-order chi connectivity index (χ0) is 25.4. The van der Waals surface area contributed by atoms with Gasteiger partial charge in [-0.25, -0.2) is 4.52 Å². The van der Waals surface area contributed by atoms with Crippen molar-refractivity contribution in [3.05, 3.63) is 53.9 Å². The lowest BCUT2D eigenvalue weighted by Crippen LogP contribution is -2.51. The number of benzene rings is 1. The van der Waals surface area contributed by atoms with E-state index in [0.717, 1.165) is 42.3 Å². The zero-order valence-corrected chi connectivity index (χ0v) is 21.0. The SMILES string of the molecule is CCCCNC(=O)c1ccc(-c2cc3c(N[C@@H]4CC[C@](C)(N)C4(C)C)c(C(N)=O)cnn3c2)cc1. The van der Waals surface area contributed by atoms with Crippen molar-refractivity contribution in [2.24, 2.45) is 16.9 Å². The number of aromatic nitrogens is 2. The second-order valence-electron chi connectivity index (χ2n) is 10.4. The molecular formula is C27H36N6O2. The molecule has 0 aliphatic heterocycles. The Kier molecular flexibility index (Phi) is 6.60. The highest BCUT2D eigenvalue weighted by atomic mass is 16.2. The lowest BCUT2D eigenvalue weighted by molar-refractivity contribution is 0.0951. The van der Waals surface area contributed by atoms with Crippen molar-refractivity contribution in [1.29, 1.82) is 0 Å². The maximum atomic E-state index is 12.3. The molecule has 0 unspecified atom stereocenters. The van der Waals surface area contributed by atoms with E-state index in [0.29, 0.717) is 23.4 Å². The fraction of sp³-hybridized carbons (Fsp3) is 0.444. The van der Waals surface area contributed by atoms with Crippen molar-refractivity contribution in [2.45, 2.75) is 65.0 Å². The van der Waals surface area contributed by atoms with E-state index in [1.165, 1.54) is 6.20 Å². The maximum absolute atomic E-state index is 12.3. The summed E-state index contributed by atoms with van der Waals surface area (Å²) in [6.45, 7) is 9.16. The molecular weight excluding hydrogens is 440 g/mol. The van der Waals surface area contributed by atoms with Crippen molar-refractivity contribution in [2.75, 3.05) is 11.9 Å². The smallest absolute Gasteiger partial charge is 0.252 e. The molecule has 4 rings (SSSR count). The number of hydrogen-bond acceptors (Lipinski definition) is 5. The number of hydrogen-bond donors (Lipinski definition) is 4. The first-order chi connectivity index (χ1) is 16.5. The Morgan fingerprint density at radius 3 is 2.49 bits per heavy atom. The summed E-state index contributed by atoms with van der Waals surface area (Å²) in [5, 5.41) is 11.0. The number of rotatable bonds is 8. The summed E-state index contributed by atoms with van der Waals surface area (Å²) in [4.78, 5) is 24.6. The first-order valence-electron chi connectivity index (χ1n) is 12.3. The van der Waals surface area contributed by atoms with Crippen molar-refractivity contribution in [3.8, 4) is 11.1 Å². The number of nitrogens with two attached hydrogens (primary N) is 2. The molecule has 35 heavy (non-hydrogen) atoms. The van der Waals surface area contributed by atoms with Gasteiger partial charge >= 0.3 is 0 Å². The molecule has 0 saturated heterocycles. The van der Waals surface area contributed by atoms with Crippen LogP contribution < -0.4 is 22.1 Å². The van der Waals surface area contributed by atoms with Crippen LogP contribution in [0, 0.1) is 5.41 Å². The van der Waals surface area contributed by atoms with Crippen LogP contribution in [0.4, 0.5) is 5.69 Å². The molecule has 186 valence electrons. The Balaban J connectivity index is 1.66. The van der Waals surface area contributed by atoms with Crippen molar-refractivity contribution >= 4 is 23.0 Å². The summed E-state index contributed by atoms with van der Waals surface area (Å²) in [7, 11) is 0. The average Bonchev–Trinajstić information content (AvgIpc) is 3.33. The highest BCUT2D eigenvalue weighted by Gasteiger charge is 2.49. The van der Waals surface area contributed by atoms with E-state index in [4.69, 9.17) is 11.5 Å². The Morgan fingerprint density at radius 1 is 1.17 bits per heavy atom. The molecule has 1 aliphatic rings. The van der Waals surface area contributed by atoms with Gasteiger partial charge in [-0.3, -0.25) is 9.59 Å². The monoisotopic (exact) mass is 476 g/mol. The fourth-order valence-corrected chi connectivity index (χ4v) is 4.80. The second kappa shape index (κ2) is 9.34. The molecule has 0 bridgehead atoms. The number of anilines is 1. The quantitative estimate of drug-likeness (QED) is 0.366. The van der Waals surface area contributed by atoms with Crippen LogP contribution in [0.1, 0.15) is 74.1 Å². The fourth-order valence-electron chi connectivity index (χ4n) is 4.80. The molecule has 0 radical (unpaired) electrons. The van der Waals surface area contributed by atoms with E-state index in [1.807, 2.05) is 36.5 Å². The van der Waals surface area contributed by atoms with E-state index >= 15 is 0 Å². The molecule has 1 fully saturated rings. The highest BCUT2D eigenvalue weighted by Crippen LogP contribution is 2.46. The van der Waals surface area contributed by atoms with Crippen LogP contribution in [0.15, 0.2) is 42.7 Å². The van der Waals surface area contributed by atoms with Gasteiger partial charge in [0, 0.05) is 40.9 Å². The van der Waals surface area contributed by atoms with Crippen molar-refractivity contribution in [1.82, 2.24) is 14.9 Å². The molecule has 2 aromatic heterocycles. The third-order valence-corrected chi connectivity index (χ3v) is 7.81. The topological polar surface area (TPSA) is 128 Å². The summed E-state index contributed by atoms with van der Waals surface area (Å²) in [6, 6.07) is 9.55.